The van der Waals surface area contributed by atoms with Gasteiger partial charge in [-0.3, -0.25) is 5.84 Å². The second kappa shape index (κ2) is 5.02. The van der Waals surface area contributed by atoms with Crippen molar-refractivity contribution in [2.45, 2.75) is 37.0 Å². The van der Waals surface area contributed by atoms with E-state index in [-0.39, 0.29) is 5.41 Å². The van der Waals surface area contributed by atoms with Crippen LogP contribution in [-0.2, 0) is 10.0 Å². The minimum absolute atomic E-state index is 0.256. The highest BCUT2D eigenvalue weighted by molar-refractivity contribution is 7.89. The second-order valence-corrected chi connectivity index (χ2v) is 7.90. The van der Waals surface area contributed by atoms with E-state index in [1.54, 1.807) is 28.6 Å². The highest BCUT2D eigenvalue weighted by atomic mass is 32.2. The normalized spacial score (nSPS) is 22.4. The van der Waals surface area contributed by atoms with Crippen molar-refractivity contribution >= 4 is 15.7 Å². The predicted octanol–water partition coefficient (Wildman–Crippen LogP) is 1.93. The molecule has 1 aromatic rings. The number of hydrogen-bond donors (Lipinski definition) is 2. The molecule has 1 saturated heterocycles. The van der Waals surface area contributed by atoms with Gasteiger partial charge < -0.3 is 5.43 Å². The first-order valence-electron chi connectivity index (χ1n) is 7.13. The zero-order valence-corrected chi connectivity index (χ0v) is 12.3. The van der Waals surface area contributed by atoms with Gasteiger partial charge in [-0.1, -0.05) is 12.8 Å². The number of rotatable bonds is 3. The molecule has 0 aromatic heterocycles. The maximum absolute atomic E-state index is 12.6. The van der Waals surface area contributed by atoms with Crippen molar-refractivity contribution in [3.8, 4) is 0 Å². The number of nitrogens with two attached hydrogens (primary N) is 1. The van der Waals surface area contributed by atoms with Crippen molar-refractivity contribution in [1.29, 1.82) is 0 Å². The lowest BCUT2D eigenvalue weighted by atomic mass is 9.86. The van der Waals surface area contributed by atoms with Gasteiger partial charge in [-0.15, -0.1) is 0 Å². The maximum Gasteiger partial charge on any atom is 0.243 e. The van der Waals surface area contributed by atoms with E-state index < -0.39 is 10.0 Å². The van der Waals surface area contributed by atoms with Crippen molar-refractivity contribution in [3.63, 3.8) is 0 Å². The van der Waals surface area contributed by atoms with Crippen molar-refractivity contribution in [3.05, 3.63) is 24.3 Å². The molecule has 2 aliphatic rings. The summed E-state index contributed by atoms with van der Waals surface area (Å²) in [5, 5.41) is 0. The number of nitrogen functional groups attached to an aromatic ring is 1. The van der Waals surface area contributed by atoms with Gasteiger partial charge in [-0.25, -0.2) is 8.42 Å². The van der Waals surface area contributed by atoms with Crippen LogP contribution >= 0.6 is 0 Å². The summed E-state index contributed by atoms with van der Waals surface area (Å²) in [7, 11) is -3.36. The largest absolute Gasteiger partial charge is 0.324 e. The highest BCUT2D eigenvalue weighted by Crippen LogP contribution is 2.46. The zero-order valence-electron chi connectivity index (χ0n) is 11.5. The number of hydrogen-bond acceptors (Lipinski definition) is 4. The Balaban J connectivity index is 1.81. The third-order valence-corrected chi connectivity index (χ3v) is 6.59. The number of anilines is 1. The smallest absolute Gasteiger partial charge is 0.243 e. The SMILES string of the molecule is NNc1ccc(S(=O)(=O)N2CCC3(CCCC3)C2)cc1. The van der Waals surface area contributed by atoms with E-state index in [9.17, 15) is 8.42 Å². The van der Waals surface area contributed by atoms with Crippen LogP contribution in [0.15, 0.2) is 29.2 Å². The fraction of sp³-hybridized carbons (Fsp3) is 0.571. The topological polar surface area (TPSA) is 75.4 Å². The highest BCUT2D eigenvalue weighted by Gasteiger charge is 2.44. The first-order chi connectivity index (χ1) is 9.56. The first-order valence-corrected chi connectivity index (χ1v) is 8.57. The summed E-state index contributed by atoms with van der Waals surface area (Å²) in [6.45, 7) is 1.34. The molecule has 110 valence electrons. The quantitative estimate of drug-likeness (QED) is 0.660. The number of benzene rings is 1. The van der Waals surface area contributed by atoms with E-state index in [1.165, 1.54) is 25.7 Å². The Morgan fingerprint density at radius 2 is 1.75 bits per heavy atom. The van der Waals surface area contributed by atoms with Crippen LogP contribution in [0.2, 0.25) is 0 Å². The number of nitrogens with one attached hydrogen (secondary N) is 1. The molecule has 1 aliphatic heterocycles. The standard InChI is InChI=1S/C14H21N3O2S/c15-16-12-3-5-13(6-4-12)20(18,19)17-10-9-14(11-17)7-1-2-8-14/h3-6,16H,1-2,7-11,15H2. The Labute approximate surface area is 120 Å². The Morgan fingerprint density at radius 3 is 2.35 bits per heavy atom. The van der Waals surface area contributed by atoms with Gasteiger partial charge in [0.05, 0.1) is 4.90 Å². The summed E-state index contributed by atoms with van der Waals surface area (Å²) in [5.74, 6) is 5.30. The van der Waals surface area contributed by atoms with Crippen LogP contribution in [0.5, 0.6) is 0 Å². The van der Waals surface area contributed by atoms with Gasteiger partial charge in [0.15, 0.2) is 0 Å². The average molecular weight is 295 g/mol. The predicted molar refractivity (Wildman–Crippen MR) is 78.5 cm³/mol. The molecule has 3 N–H and O–H groups in total. The lowest BCUT2D eigenvalue weighted by molar-refractivity contribution is 0.313. The van der Waals surface area contributed by atoms with Crippen molar-refractivity contribution < 1.29 is 8.42 Å². The Bertz CT molecular complexity index is 577. The van der Waals surface area contributed by atoms with Gasteiger partial charge in [0, 0.05) is 18.8 Å². The van der Waals surface area contributed by atoms with Crippen LogP contribution in [0.1, 0.15) is 32.1 Å². The molecule has 1 spiro atoms. The number of hydrazine groups is 1. The second-order valence-electron chi connectivity index (χ2n) is 5.96. The van der Waals surface area contributed by atoms with Gasteiger partial charge in [-0.05, 0) is 48.9 Å². The molecule has 1 saturated carbocycles. The third kappa shape index (κ3) is 2.32. The molecule has 1 heterocycles. The minimum atomic E-state index is -3.36. The summed E-state index contributed by atoms with van der Waals surface area (Å²) in [5.41, 5.74) is 3.47. The average Bonchev–Trinajstić information content (AvgIpc) is 3.10. The molecule has 5 nitrogen and oxygen atoms in total. The van der Waals surface area contributed by atoms with Crippen molar-refractivity contribution in [1.82, 2.24) is 4.31 Å². The summed E-state index contributed by atoms with van der Waals surface area (Å²) >= 11 is 0. The minimum Gasteiger partial charge on any atom is -0.324 e. The van der Waals surface area contributed by atoms with Crippen LogP contribution in [0, 0.1) is 5.41 Å². The van der Waals surface area contributed by atoms with E-state index in [2.05, 4.69) is 5.43 Å². The molecule has 0 bridgehead atoms. The van der Waals surface area contributed by atoms with Crippen LogP contribution in [0.25, 0.3) is 0 Å². The van der Waals surface area contributed by atoms with E-state index in [4.69, 9.17) is 5.84 Å². The fourth-order valence-electron chi connectivity index (χ4n) is 3.50. The van der Waals surface area contributed by atoms with Crippen molar-refractivity contribution in [2.75, 3.05) is 18.5 Å². The van der Waals surface area contributed by atoms with Gasteiger partial charge in [0.1, 0.15) is 0 Å². The molecule has 6 heteroatoms. The van der Waals surface area contributed by atoms with E-state index >= 15 is 0 Å². The Morgan fingerprint density at radius 1 is 1.10 bits per heavy atom. The lowest BCUT2D eigenvalue weighted by Crippen LogP contribution is -2.31. The van der Waals surface area contributed by atoms with E-state index in [1.807, 2.05) is 0 Å². The molecule has 0 amide bonds. The van der Waals surface area contributed by atoms with E-state index in [0.29, 0.717) is 23.7 Å². The lowest BCUT2D eigenvalue weighted by Gasteiger charge is -2.23. The molecule has 3 rings (SSSR count). The molecule has 0 radical (unpaired) electrons. The zero-order chi connectivity index (χ0) is 14.2. The molecular formula is C14H21N3O2S. The van der Waals surface area contributed by atoms with Gasteiger partial charge in [0.25, 0.3) is 0 Å². The molecular weight excluding hydrogens is 274 g/mol. The van der Waals surface area contributed by atoms with Crippen LogP contribution in [0.4, 0.5) is 5.69 Å². The molecule has 1 aromatic carbocycles. The van der Waals surface area contributed by atoms with E-state index in [0.717, 1.165) is 6.42 Å². The molecule has 20 heavy (non-hydrogen) atoms. The molecule has 0 atom stereocenters. The molecule has 2 fully saturated rings. The fourth-order valence-corrected chi connectivity index (χ4v) is 5.06. The third-order valence-electron chi connectivity index (χ3n) is 4.73. The van der Waals surface area contributed by atoms with Gasteiger partial charge >= 0.3 is 0 Å². The molecule has 0 unspecified atom stereocenters. The number of sulfonamides is 1. The van der Waals surface area contributed by atoms with Crippen LogP contribution in [-0.4, -0.2) is 25.8 Å². The Hall–Kier alpha value is -1.11. The van der Waals surface area contributed by atoms with Gasteiger partial charge in [0.2, 0.25) is 10.0 Å². The monoisotopic (exact) mass is 295 g/mol. The van der Waals surface area contributed by atoms with Crippen LogP contribution in [0.3, 0.4) is 0 Å². The molecule has 1 aliphatic carbocycles. The van der Waals surface area contributed by atoms with Crippen LogP contribution < -0.4 is 11.3 Å². The first kappa shape index (κ1) is 13.9. The summed E-state index contributed by atoms with van der Waals surface area (Å²) in [6.07, 6.45) is 5.84. The van der Waals surface area contributed by atoms with Crippen molar-refractivity contribution in [2.24, 2.45) is 11.3 Å². The summed E-state index contributed by atoms with van der Waals surface area (Å²) in [4.78, 5) is 0.353. The van der Waals surface area contributed by atoms with Gasteiger partial charge in [-0.2, -0.15) is 4.31 Å². The number of nitrogens with zero attached hydrogens (tertiary/aromatic N) is 1. The summed E-state index contributed by atoms with van der Waals surface area (Å²) < 4.78 is 27.0. The Kier molecular flexibility index (Phi) is 3.48. The maximum atomic E-state index is 12.6. The summed E-state index contributed by atoms with van der Waals surface area (Å²) in [6, 6.07) is 6.61.